The van der Waals surface area contributed by atoms with E-state index in [0.717, 1.165) is 12.1 Å². The van der Waals surface area contributed by atoms with Crippen LogP contribution in [-0.4, -0.2) is 69.6 Å². The summed E-state index contributed by atoms with van der Waals surface area (Å²) < 4.78 is 10.5. The number of rotatable bonds is 10. The number of nitrogens with zero attached hydrogens (tertiary/aromatic N) is 2. The summed E-state index contributed by atoms with van der Waals surface area (Å²) in [5, 5.41) is 2.85. The quantitative estimate of drug-likeness (QED) is 0.684. The van der Waals surface area contributed by atoms with Crippen LogP contribution in [0.5, 0.6) is 11.5 Å². The van der Waals surface area contributed by atoms with E-state index in [-0.39, 0.29) is 18.2 Å². The summed E-state index contributed by atoms with van der Waals surface area (Å²) in [7, 11) is 7.05. The summed E-state index contributed by atoms with van der Waals surface area (Å²) in [5.41, 5.74) is 0.917. The van der Waals surface area contributed by atoms with Crippen LogP contribution in [0.2, 0.25) is 0 Å². The van der Waals surface area contributed by atoms with Crippen molar-refractivity contribution in [3.63, 3.8) is 0 Å². The first-order chi connectivity index (χ1) is 11.9. The number of amides is 2. The molecule has 0 aromatic heterocycles. The van der Waals surface area contributed by atoms with Crippen molar-refractivity contribution in [2.75, 3.05) is 47.9 Å². The summed E-state index contributed by atoms with van der Waals surface area (Å²) in [6, 6.07) is 5.53. The first kappa shape index (κ1) is 20.8. The standard InChI is InChI=1S/C18H29N3O4/c1-14(22)21(10-8-18(23)19-9-11-20(2)3)13-15-6-7-16(24-4)17(12-15)25-5/h6-7,12H,8-11,13H2,1-5H3,(H,19,23). The maximum Gasteiger partial charge on any atom is 0.221 e. The lowest BCUT2D eigenvalue weighted by Crippen LogP contribution is -2.35. The fourth-order valence-electron chi connectivity index (χ4n) is 2.29. The van der Waals surface area contributed by atoms with Gasteiger partial charge < -0.3 is 24.6 Å². The Kier molecular flexibility index (Phi) is 8.77. The number of likely N-dealkylation sites (N-methyl/N-ethyl adjacent to an activating group) is 1. The molecular weight excluding hydrogens is 322 g/mol. The molecule has 25 heavy (non-hydrogen) atoms. The Hall–Kier alpha value is -2.28. The summed E-state index contributed by atoms with van der Waals surface area (Å²) >= 11 is 0. The second-order valence-electron chi connectivity index (χ2n) is 6.03. The second-order valence-corrected chi connectivity index (χ2v) is 6.03. The van der Waals surface area contributed by atoms with Gasteiger partial charge in [-0.2, -0.15) is 0 Å². The fraction of sp³-hybridized carbons (Fsp3) is 0.556. The van der Waals surface area contributed by atoms with Crippen molar-refractivity contribution in [2.24, 2.45) is 0 Å². The molecule has 7 nitrogen and oxygen atoms in total. The molecule has 0 radical (unpaired) electrons. The van der Waals surface area contributed by atoms with Gasteiger partial charge in [0.05, 0.1) is 14.2 Å². The Bertz CT molecular complexity index is 575. The van der Waals surface area contributed by atoms with Gasteiger partial charge in [-0.3, -0.25) is 9.59 Å². The van der Waals surface area contributed by atoms with Crippen molar-refractivity contribution >= 4 is 11.8 Å². The molecule has 0 heterocycles. The molecule has 0 fully saturated rings. The van der Waals surface area contributed by atoms with Crippen LogP contribution >= 0.6 is 0 Å². The third-order valence-electron chi connectivity index (χ3n) is 3.76. The van der Waals surface area contributed by atoms with E-state index >= 15 is 0 Å². The van der Waals surface area contributed by atoms with Gasteiger partial charge in [-0.15, -0.1) is 0 Å². The minimum atomic E-state index is -0.0733. The number of methoxy groups -OCH3 is 2. The maximum atomic E-state index is 11.9. The third kappa shape index (κ3) is 7.43. The molecule has 0 saturated heterocycles. The zero-order valence-corrected chi connectivity index (χ0v) is 15.8. The monoisotopic (exact) mass is 351 g/mol. The molecular formula is C18H29N3O4. The Morgan fingerprint density at radius 3 is 2.32 bits per heavy atom. The van der Waals surface area contributed by atoms with Gasteiger partial charge in [-0.1, -0.05) is 6.07 Å². The van der Waals surface area contributed by atoms with Gasteiger partial charge in [0.15, 0.2) is 11.5 Å². The molecule has 140 valence electrons. The SMILES string of the molecule is COc1ccc(CN(CCC(=O)NCCN(C)C)C(C)=O)cc1OC. The van der Waals surface area contributed by atoms with Crippen LogP contribution in [0.15, 0.2) is 18.2 Å². The van der Waals surface area contributed by atoms with E-state index in [1.54, 1.807) is 25.2 Å². The van der Waals surface area contributed by atoms with Crippen LogP contribution in [0, 0.1) is 0 Å². The van der Waals surface area contributed by atoms with Gasteiger partial charge in [0.25, 0.3) is 0 Å². The summed E-state index contributed by atoms with van der Waals surface area (Å²) in [5.74, 6) is 1.13. The fourth-order valence-corrected chi connectivity index (χ4v) is 2.29. The average Bonchev–Trinajstić information content (AvgIpc) is 2.57. The number of benzene rings is 1. The topological polar surface area (TPSA) is 71.1 Å². The molecule has 0 unspecified atom stereocenters. The molecule has 1 N–H and O–H groups in total. The van der Waals surface area contributed by atoms with Gasteiger partial charge in [0.2, 0.25) is 11.8 Å². The zero-order chi connectivity index (χ0) is 18.8. The van der Waals surface area contributed by atoms with E-state index in [0.29, 0.717) is 31.1 Å². The lowest BCUT2D eigenvalue weighted by atomic mass is 10.1. The van der Waals surface area contributed by atoms with Crippen molar-refractivity contribution in [3.8, 4) is 11.5 Å². The molecule has 1 rings (SSSR count). The summed E-state index contributed by atoms with van der Waals surface area (Å²) in [6.45, 7) is 3.68. The Labute approximate surface area is 149 Å². The van der Waals surface area contributed by atoms with E-state index in [1.807, 2.05) is 31.1 Å². The molecule has 2 amide bonds. The van der Waals surface area contributed by atoms with Crippen LogP contribution in [0.4, 0.5) is 0 Å². The number of hydrogen-bond donors (Lipinski definition) is 1. The Balaban J connectivity index is 2.60. The second kappa shape index (κ2) is 10.6. The highest BCUT2D eigenvalue weighted by atomic mass is 16.5. The van der Waals surface area contributed by atoms with E-state index in [4.69, 9.17) is 9.47 Å². The van der Waals surface area contributed by atoms with E-state index < -0.39 is 0 Å². The molecule has 7 heteroatoms. The number of carbonyl (C=O) groups is 2. The highest BCUT2D eigenvalue weighted by Crippen LogP contribution is 2.28. The number of ether oxygens (including phenoxy) is 2. The van der Waals surface area contributed by atoms with Crippen molar-refractivity contribution in [2.45, 2.75) is 19.9 Å². The molecule has 0 aliphatic carbocycles. The summed E-state index contributed by atoms with van der Waals surface area (Å²) in [6.07, 6.45) is 0.278. The van der Waals surface area contributed by atoms with Gasteiger partial charge in [-0.05, 0) is 31.8 Å². The molecule has 1 aromatic rings. The average molecular weight is 351 g/mol. The predicted molar refractivity (Wildman–Crippen MR) is 96.8 cm³/mol. The van der Waals surface area contributed by atoms with Crippen molar-refractivity contribution < 1.29 is 19.1 Å². The van der Waals surface area contributed by atoms with Crippen molar-refractivity contribution in [1.82, 2.24) is 15.1 Å². The van der Waals surface area contributed by atoms with E-state index in [2.05, 4.69) is 5.32 Å². The van der Waals surface area contributed by atoms with Crippen LogP contribution < -0.4 is 14.8 Å². The molecule has 0 bridgehead atoms. The highest BCUT2D eigenvalue weighted by Gasteiger charge is 2.13. The zero-order valence-electron chi connectivity index (χ0n) is 15.8. The Morgan fingerprint density at radius 1 is 1.08 bits per heavy atom. The molecule has 0 aliphatic heterocycles. The largest absolute Gasteiger partial charge is 0.493 e. The molecule has 0 saturated carbocycles. The summed E-state index contributed by atoms with van der Waals surface area (Å²) in [4.78, 5) is 27.4. The minimum Gasteiger partial charge on any atom is -0.493 e. The molecule has 0 aliphatic rings. The van der Waals surface area contributed by atoms with Gasteiger partial charge in [0, 0.05) is 39.5 Å². The molecule has 0 spiro atoms. The van der Waals surface area contributed by atoms with Gasteiger partial charge in [-0.25, -0.2) is 0 Å². The van der Waals surface area contributed by atoms with Gasteiger partial charge in [0.1, 0.15) is 0 Å². The first-order valence-electron chi connectivity index (χ1n) is 8.25. The van der Waals surface area contributed by atoms with Crippen molar-refractivity contribution in [1.29, 1.82) is 0 Å². The van der Waals surface area contributed by atoms with Crippen LogP contribution in [0.3, 0.4) is 0 Å². The van der Waals surface area contributed by atoms with Crippen LogP contribution in [0.1, 0.15) is 18.9 Å². The third-order valence-corrected chi connectivity index (χ3v) is 3.76. The minimum absolute atomic E-state index is 0.0552. The normalized spacial score (nSPS) is 10.5. The number of carbonyl (C=O) groups excluding carboxylic acids is 2. The van der Waals surface area contributed by atoms with Crippen molar-refractivity contribution in [3.05, 3.63) is 23.8 Å². The lowest BCUT2D eigenvalue weighted by Gasteiger charge is -2.21. The van der Waals surface area contributed by atoms with Crippen LogP contribution in [-0.2, 0) is 16.1 Å². The number of hydrogen-bond acceptors (Lipinski definition) is 5. The Morgan fingerprint density at radius 2 is 1.76 bits per heavy atom. The van der Waals surface area contributed by atoms with Crippen LogP contribution in [0.25, 0.3) is 0 Å². The van der Waals surface area contributed by atoms with E-state index in [1.165, 1.54) is 6.92 Å². The first-order valence-corrected chi connectivity index (χ1v) is 8.25. The molecule has 0 atom stereocenters. The number of nitrogens with one attached hydrogen (secondary N) is 1. The van der Waals surface area contributed by atoms with Gasteiger partial charge >= 0.3 is 0 Å². The highest BCUT2D eigenvalue weighted by molar-refractivity contribution is 5.78. The predicted octanol–water partition coefficient (Wildman–Crippen LogP) is 1.12. The van der Waals surface area contributed by atoms with E-state index in [9.17, 15) is 9.59 Å². The maximum absolute atomic E-state index is 11.9. The lowest BCUT2D eigenvalue weighted by molar-refractivity contribution is -0.130. The molecule has 1 aromatic carbocycles. The smallest absolute Gasteiger partial charge is 0.221 e.